The molecule has 0 aromatic heterocycles. The number of benzene rings is 1. The highest BCUT2D eigenvalue weighted by Gasteiger charge is 2.05. The van der Waals surface area contributed by atoms with Crippen molar-refractivity contribution < 1.29 is 14.3 Å². The number of primary amides is 1. The Hall–Kier alpha value is -1.43. The summed E-state index contributed by atoms with van der Waals surface area (Å²) in [7, 11) is 1.65. The summed E-state index contributed by atoms with van der Waals surface area (Å²) in [5.41, 5.74) is 6.82. The topological polar surface area (TPSA) is 73.6 Å². The molecule has 0 saturated heterocycles. The molecule has 0 aliphatic carbocycles. The molecule has 3 N–H and O–H groups in total. The number of hydrogen-bond donors (Lipinski definition) is 2. The number of ether oxygens (including phenoxy) is 2. The SMILES string of the molecule is COCCOCCCNCc1ccccc1C(N)=O. The molecule has 1 aromatic carbocycles. The molecule has 5 nitrogen and oxygen atoms in total. The van der Waals surface area contributed by atoms with Gasteiger partial charge in [-0.1, -0.05) is 18.2 Å². The minimum absolute atomic E-state index is 0.389. The number of hydrogen-bond acceptors (Lipinski definition) is 4. The standard InChI is InChI=1S/C14H22N2O3/c1-18-9-10-19-8-4-7-16-11-12-5-2-3-6-13(12)14(15)17/h2-3,5-6,16H,4,7-11H2,1H3,(H2,15,17). The zero-order chi connectivity index (χ0) is 13.9. The number of methoxy groups -OCH3 is 1. The van der Waals surface area contributed by atoms with Crippen molar-refractivity contribution >= 4 is 5.91 Å². The van der Waals surface area contributed by atoms with Gasteiger partial charge in [-0.2, -0.15) is 0 Å². The fraction of sp³-hybridized carbons (Fsp3) is 0.500. The third-order valence-electron chi connectivity index (χ3n) is 2.67. The molecule has 0 bridgehead atoms. The highest BCUT2D eigenvalue weighted by Crippen LogP contribution is 2.07. The van der Waals surface area contributed by atoms with E-state index in [0.717, 1.165) is 18.5 Å². The van der Waals surface area contributed by atoms with Crippen molar-refractivity contribution in [2.75, 3.05) is 33.5 Å². The third kappa shape index (κ3) is 6.33. The Morgan fingerprint density at radius 1 is 1.26 bits per heavy atom. The molecule has 0 heterocycles. The first-order valence-electron chi connectivity index (χ1n) is 6.41. The van der Waals surface area contributed by atoms with Gasteiger partial charge < -0.3 is 20.5 Å². The molecular formula is C14H22N2O3. The summed E-state index contributed by atoms with van der Waals surface area (Å²) >= 11 is 0. The zero-order valence-corrected chi connectivity index (χ0v) is 11.4. The molecule has 0 radical (unpaired) electrons. The molecule has 0 spiro atoms. The summed E-state index contributed by atoms with van der Waals surface area (Å²) in [6, 6.07) is 7.36. The summed E-state index contributed by atoms with van der Waals surface area (Å²) in [5, 5.41) is 3.27. The molecule has 1 amide bonds. The molecule has 0 aliphatic rings. The van der Waals surface area contributed by atoms with Crippen LogP contribution in [-0.2, 0) is 16.0 Å². The van der Waals surface area contributed by atoms with Crippen molar-refractivity contribution in [2.45, 2.75) is 13.0 Å². The van der Waals surface area contributed by atoms with Crippen LogP contribution in [0.1, 0.15) is 22.3 Å². The van der Waals surface area contributed by atoms with Crippen LogP contribution in [0, 0.1) is 0 Å². The van der Waals surface area contributed by atoms with Crippen LogP contribution < -0.4 is 11.1 Å². The second-order valence-corrected chi connectivity index (χ2v) is 4.16. The molecule has 19 heavy (non-hydrogen) atoms. The maximum atomic E-state index is 11.2. The van der Waals surface area contributed by atoms with Gasteiger partial charge in [0.05, 0.1) is 13.2 Å². The lowest BCUT2D eigenvalue weighted by molar-refractivity contribution is 0.0694. The highest BCUT2D eigenvalue weighted by molar-refractivity contribution is 5.94. The van der Waals surface area contributed by atoms with Crippen LogP contribution in [0.3, 0.4) is 0 Å². The molecular weight excluding hydrogens is 244 g/mol. The minimum Gasteiger partial charge on any atom is -0.382 e. The summed E-state index contributed by atoms with van der Waals surface area (Å²) in [4.78, 5) is 11.2. The van der Waals surface area contributed by atoms with Gasteiger partial charge in [-0.05, 0) is 24.6 Å². The Labute approximate surface area is 114 Å². The second kappa shape index (κ2) is 9.49. The predicted molar refractivity (Wildman–Crippen MR) is 74.0 cm³/mol. The quantitative estimate of drug-likeness (QED) is 0.618. The van der Waals surface area contributed by atoms with Crippen LogP contribution in [0.2, 0.25) is 0 Å². The molecule has 0 aliphatic heterocycles. The molecule has 1 aromatic rings. The van der Waals surface area contributed by atoms with Gasteiger partial charge in [0.25, 0.3) is 0 Å². The molecule has 0 fully saturated rings. The number of nitrogens with one attached hydrogen (secondary N) is 1. The normalized spacial score (nSPS) is 10.6. The predicted octanol–water partition coefficient (Wildman–Crippen LogP) is 0.928. The average Bonchev–Trinajstić information content (AvgIpc) is 2.42. The Bertz CT molecular complexity index is 383. The number of nitrogens with two attached hydrogens (primary N) is 1. The highest BCUT2D eigenvalue weighted by atomic mass is 16.5. The zero-order valence-electron chi connectivity index (χ0n) is 11.4. The Balaban J connectivity index is 2.17. The second-order valence-electron chi connectivity index (χ2n) is 4.16. The number of carbonyl (C=O) groups excluding carboxylic acids is 1. The lowest BCUT2D eigenvalue weighted by atomic mass is 10.1. The van der Waals surface area contributed by atoms with E-state index in [0.29, 0.717) is 31.9 Å². The maximum absolute atomic E-state index is 11.2. The Kier molecular flexibility index (Phi) is 7.81. The maximum Gasteiger partial charge on any atom is 0.249 e. The van der Waals surface area contributed by atoms with E-state index >= 15 is 0 Å². The average molecular weight is 266 g/mol. The van der Waals surface area contributed by atoms with Crippen molar-refractivity contribution in [2.24, 2.45) is 5.73 Å². The van der Waals surface area contributed by atoms with E-state index in [-0.39, 0.29) is 5.91 Å². The lowest BCUT2D eigenvalue weighted by Crippen LogP contribution is -2.20. The molecule has 0 unspecified atom stereocenters. The smallest absolute Gasteiger partial charge is 0.249 e. The lowest BCUT2D eigenvalue weighted by Gasteiger charge is -2.08. The number of amides is 1. The van der Waals surface area contributed by atoms with Crippen LogP contribution in [0.4, 0.5) is 0 Å². The largest absolute Gasteiger partial charge is 0.382 e. The van der Waals surface area contributed by atoms with Gasteiger partial charge in [0.15, 0.2) is 0 Å². The van der Waals surface area contributed by atoms with E-state index in [2.05, 4.69) is 5.32 Å². The first-order valence-corrected chi connectivity index (χ1v) is 6.41. The van der Waals surface area contributed by atoms with Crippen molar-refractivity contribution in [1.82, 2.24) is 5.32 Å². The van der Waals surface area contributed by atoms with E-state index in [1.54, 1.807) is 13.2 Å². The van der Waals surface area contributed by atoms with Gasteiger partial charge in [0.1, 0.15) is 0 Å². The Morgan fingerprint density at radius 2 is 2.05 bits per heavy atom. The fourth-order valence-corrected chi connectivity index (χ4v) is 1.68. The monoisotopic (exact) mass is 266 g/mol. The minimum atomic E-state index is -0.389. The van der Waals surface area contributed by atoms with Crippen molar-refractivity contribution in [3.63, 3.8) is 0 Å². The first-order chi connectivity index (χ1) is 9.25. The summed E-state index contributed by atoms with van der Waals surface area (Å²) in [6.45, 7) is 3.42. The van der Waals surface area contributed by atoms with Crippen LogP contribution in [-0.4, -0.2) is 39.4 Å². The van der Waals surface area contributed by atoms with Crippen LogP contribution in [0.15, 0.2) is 24.3 Å². The van der Waals surface area contributed by atoms with Crippen molar-refractivity contribution in [3.05, 3.63) is 35.4 Å². The van der Waals surface area contributed by atoms with Gasteiger partial charge in [0, 0.05) is 25.8 Å². The van der Waals surface area contributed by atoms with Crippen LogP contribution in [0.25, 0.3) is 0 Å². The van der Waals surface area contributed by atoms with E-state index in [4.69, 9.17) is 15.2 Å². The van der Waals surface area contributed by atoms with Gasteiger partial charge in [-0.15, -0.1) is 0 Å². The van der Waals surface area contributed by atoms with Gasteiger partial charge in [-0.25, -0.2) is 0 Å². The number of rotatable bonds is 10. The van der Waals surface area contributed by atoms with E-state index in [1.165, 1.54) is 0 Å². The van der Waals surface area contributed by atoms with Crippen molar-refractivity contribution in [3.8, 4) is 0 Å². The molecule has 0 atom stereocenters. The molecule has 5 heteroatoms. The first kappa shape index (κ1) is 15.6. The Morgan fingerprint density at radius 3 is 2.79 bits per heavy atom. The molecule has 0 saturated carbocycles. The summed E-state index contributed by atoms with van der Waals surface area (Å²) in [6.07, 6.45) is 0.919. The van der Waals surface area contributed by atoms with Crippen molar-refractivity contribution in [1.29, 1.82) is 0 Å². The van der Waals surface area contributed by atoms with Gasteiger partial charge in [0.2, 0.25) is 5.91 Å². The van der Waals surface area contributed by atoms with E-state index in [1.807, 2.05) is 18.2 Å². The van der Waals surface area contributed by atoms with E-state index < -0.39 is 0 Å². The number of carbonyl (C=O) groups is 1. The third-order valence-corrected chi connectivity index (χ3v) is 2.67. The molecule has 106 valence electrons. The van der Waals surface area contributed by atoms with Gasteiger partial charge >= 0.3 is 0 Å². The summed E-state index contributed by atoms with van der Waals surface area (Å²) < 4.78 is 10.2. The molecule has 1 rings (SSSR count). The van der Waals surface area contributed by atoms with Crippen LogP contribution >= 0.6 is 0 Å². The van der Waals surface area contributed by atoms with E-state index in [9.17, 15) is 4.79 Å². The van der Waals surface area contributed by atoms with Crippen LogP contribution in [0.5, 0.6) is 0 Å². The summed E-state index contributed by atoms with van der Waals surface area (Å²) in [5.74, 6) is -0.389. The van der Waals surface area contributed by atoms with Gasteiger partial charge in [-0.3, -0.25) is 4.79 Å². The fourth-order valence-electron chi connectivity index (χ4n) is 1.68.